The van der Waals surface area contributed by atoms with Crippen LogP contribution in [0, 0.1) is 6.92 Å². The fraction of sp³-hybridized carbons (Fsp3) is 0.444. The lowest BCUT2D eigenvalue weighted by Gasteiger charge is -1.97. The highest BCUT2D eigenvalue weighted by Gasteiger charge is 1.86. The van der Waals surface area contributed by atoms with Gasteiger partial charge in [0.15, 0.2) is 0 Å². The molecule has 2 nitrogen and oxygen atoms in total. The number of aryl methyl sites for hydroxylation is 1. The minimum atomic E-state index is 1.04. The molecule has 0 atom stereocenters. The van der Waals surface area contributed by atoms with E-state index < -0.39 is 0 Å². The van der Waals surface area contributed by atoms with Crippen LogP contribution in [0.15, 0.2) is 18.3 Å². The van der Waals surface area contributed by atoms with Gasteiger partial charge in [0, 0.05) is 24.6 Å². The number of anilines is 1. The SMILES string of the molecule is CC.CNc1ccnc(C)c1. The Morgan fingerprint density at radius 1 is 1.36 bits per heavy atom. The second-order valence-corrected chi connectivity index (χ2v) is 1.94. The van der Waals surface area contributed by atoms with Gasteiger partial charge >= 0.3 is 0 Å². The fourth-order valence-electron chi connectivity index (χ4n) is 0.701. The zero-order chi connectivity index (χ0) is 8.69. The average Bonchev–Trinajstić information content (AvgIpc) is 2.08. The van der Waals surface area contributed by atoms with Crippen molar-refractivity contribution >= 4 is 5.69 Å². The highest BCUT2D eigenvalue weighted by molar-refractivity contribution is 5.41. The van der Waals surface area contributed by atoms with Crippen LogP contribution in [0.2, 0.25) is 0 Å². The van der Waals surface area contributed by atoms with Crippen molar-refractivity contribution in [1.82, 2.24) is 4.98 Å². The first-order valence-electron chi connectivity index (χ1n) is 3.93. The molecule has 1 aromatic heterocycles. The van der Waals surface area contributed by atoms with Crippen molar-refractivity contribution in [3.05, 3.63) is 24.0 Å². The predicted molar refractivity (Wildman–Crippen MR) is 49.9 cm³/mol. The molecule has 2 heteroatoms. The molecule has 0 fully saturated rings. The van der Waals surface area contributed by atoms with Gasteiger partial charge in [0.05, 0.1) is 0 Å². The summed E-state index contributed by atoms with van der Waals surface area (Å²) >= 11 is 0. The number of rotatable bonds is 1. The smallest absolute Gasteiger partial charge is 0.0393 e. The van der Waals surface area contributed by atoms with Crippen molar-refractivity contribution in [3.8, 4) is 0 Å². The largest absolute Gasteiger partial charge is 0.388 e. The summed E-state index contributed by atoms with van der Waals surface area (Å²) in [5.74, 6) is 0. The molecule has 0 bridgehead atoms. The monoisotopic (exact) mass is 152 g/mol. The van der Waals surface area contributed by atoms with Crippen molar-refractivity contribution in [2.75, 3.05) is 12.4 Å². The molecule has 0 aliphatic rings. The molecule has 11 heavy (non-hydrogen) atoms. The molecule has 1 N–H and O–H groups in total. The summed E-state index contributed by atoms with van der Waals surface area (Å²) in [6.07, 6.45) is 1.79. The summed E-state index contributed by atoms with van der Waals surface area (Å²) in [7, 11) is 1.90. The molecule has 1 aromatic rings. The topological polar surface area (TPSA) is 24.9 Å². The Morgan fingerprint density at radius 2 is 2.00 bits per heavy atom. The minimum absolute atomic E-state index is 1.04. The van der Waals surface area contributed by atoms with E-state index >= 15 is 0 Å². The first kappa shape index (κ1) is 9.95. The maximum absolute atomic E-state index is 4.05. The summed E-state index contributed by atoms with van der Waals surface area (Å²) < 4.78 is 0. The van der Waals surface area contributed by atoms with E-state index in [1.807, 2.05) is 40.0 Å². The number of hydrogen-bond acceptors (Lipinski definition) is 2. The van der Waals surface area contributed by atoms with E-state index in [9.17, 15) is 0 Å². The third-order valence-electron chi connectivity index (χ3n) is 1.19. The Balaban J connectivity index is 0.000000461. The van der Waals surface area contributed by atoms with Crippen LogP contribution in [0.4, 0.5) is 5.69 Å². The zero-order valence-corrected chi connectivity index (χ0v) is 7.68. The standard InChI is InChI=1S/C7H10N2.C2H6/c1-6-5-7(8-2)3-4-9-6;1-2/h3-5H,1-2H3,(H,8,9);1-2H3. The van der Waals surface area contributed by atoms with E-state index in [0.29, 0.717) is 0 Å². The van der Waals surface area contributed by atoms with Gasteiger partial charge in [-0.2, -0.15) is 0 Å². The molecule has 0 unspecified atom stereocenters. The molecule has 1 rings (SSSR count). The summed E-state index contributed by atoms with van der Waals surface area (Å²) in [5, 5.41) is 3.03. The molecular formula is C9H16N2. The van der Waals surface area contributed by atoms with Crippen LogP contribution in [0.5, 0.6) is 0 Å². The first-order valence-corrected chi connectivity index (χ1v) is 3.93. The lowest BCUT2D eigenvalue weighted by molar-refractivity contribution is 1.20. The Morgan fingerprint density at radius 3 is 2.36 bits per heavy atom. The zero-order valence-electron chi connectivity index (χ0n) is 7.68. The Kier molecular flexibility index (Phi) is 5.17. The molecule has 0 aliphatic heterocycles. The molecule has 0 aromatic carbocycles. The van der Waals surface area contributed by atoms with Gasteiger partial charge in [0.25, 0.3) is 0 Å². The van der Waals surface area contributed by atoms with Crippen molar-refractivity contribution in [1.29, 1.82) is 0 Å². The summed E-state index contributed by atoms with van der Waals surface area (Å²) in [4.78, 5) is 4.05. The van der Waals surface area contributed by atoms with Gasteiger partial charge < -0.3 is 5.32 Å². The number of nitrogens with zero attached hydrogens (tertiary/aromatic N) is 1. The third-order valence-corrected chi connectivity index (χ3v) is 1.19. The van der Waals surface area contributed by atoms with Crippen LogP contribution < -0.4 is 5.32 Å². The Bertz CT molecular complexity index is 197. The van der Waals surface area contributed by atoms with Crippen molar-refractivity contribution in [2.45, 2.75) is 20.8 Å². The second kappa shape index (κ2) is 5.71. The lowest BCUT2D eigenvalue weighted by Crippen LogP contribution is -1.88. The molecule has 0 aliphatic carbocycles. The Labute approximate surface area is 68.7 Å². The summed E-state index contributed by atoms with van der Waals surface area (Å²) in [6, 6.07) is 3.94. The highest BCUT2D eigenvalue weighted by Crippen LogP contribution is 2.04. The van der Waals surface area contributed by atoms with E-state index in [4.69, 9.17) is 0 Å². The molecule has 62 valence electrons. The Hall–Kier alpha value is -1.05. The van der Waals surface area contributed by atoms with Crippen molar-refractivity contribution in [2.24, 2.45) is 0 Å². The van der Waals surface area contributed by atoms with Gasteiger partial charge in [-0.3, -0.25) is 4.98 Å². The number of nitrogens with one attached hydrogen (secondary N) is 1. The van der Waals surface area contributed by atoms with Crippen molar-refractivity contribution in [3.63, 3.8) is 0 Å². The van der Waals surface area contributed by atoms with E-state index in [1.54, 1.807) is 6.20 Å². The fourth-order valence-corrected chi connectivity index (χ4v) is 0.701. The van der Waals surface area contributed by atoms with Crippen LogP contribution in [-0.4, -0.2) is 12.0 Å². The highest BCUT2D eigenvalue weighted by atomic mass is 14.8. The van der Waals surface area contributed by atoms with Gasteiger partial charge in [0.2, 0.25) is 0 Å². The van der Waals surface area contributed by atoms with Crippen LogP contribution in [-0.2, 0) is 0 Å². The van der Waals surface area contributed by atoms with Gasteiger partial charge in [-0.05, 0) is 19.1 Å². The molecule has 1 heterocycles. The van der Waals surface area contributed by atoms with Crippen LogP contribution in [0.1, 0.15) is 19.5 Å². The summed E-state index contributed by atoms with van der Waals surface area (Å²) in [5.41, 5.74) is 2.16. The normalized spacial score (nSPS) is 8.00. The average molecular weight is 152 g/mol. The van der Waals surface area contributed by atoms with Crippen LogP contribution in [0.3, 0.4) is 0 Å². The van der Waals surface area contributed by atoms with Crippen LogP contribution >= 0.6 is 0 Å². The number of pyridine rings is 1. The number of hydrogen-bond donors (Lipinski definition) is 1. The maximum atomic E-state index is 4.05. The first-order chi connectivity index (χ1) is 5.33. The lowest BCUT2D eigenvalue weighted by atomic mass is 10.3. The third kappa shape index (κ3) is 3.61. The molecule has 0 saturated heterocycles. The minimum Gasteiger partial charge on any atom is -0.388 e. The summed E-state index contributed by atoms with van der Waals surface area (Å²) in [6.45, 7) is 5.97. The van der Waals surface area contributed by atoms with E-state index in [1.165, 1.54) is 0 Å². The van der Waals surface area contributed by atoms with Gasteiger partial charge in [0.1, 0.15) is 0 Å². The second-order valence-electron chi connectivity index (χ2n) is 1.94. The van der Waals surface area contributed by atoms with Crippen LogP contribution in [0.25, 0.3) is 0 Å². The van der Waals surface area contributed by atoms with Crippen molar-refractivity contribution < 1.29 is 0 Å². The molecule has 0 amide bonds. The maximum Gasteiger partial charge on any atom is 0.0393 e. The van der Waals surface area contributed by atoms with Gasteiger partial charge in [-0.15, -0.1) is 0 Å². The number of aromatic nitrogens is 1. The molecular weight excluding hydrogens is 136 g/mol. The molecule has 0 saturated carbocycles. The molecule has 0 radical (unpaired) electrons. The van der Waals surface area contributed by atoms with E-state index in [-0.39, 0.29) is 0 Å². The predicted octanol–water partition coefficient (Wildman–Crippen LogP) is 2.46. The van der Waals surface area contributed by atoms with Gasteiger partial charge in [-0.1, -0.05) is 13.8 Å². The van der Waals surface area contributed by atoms with Gasteiger partial charge in [-0.25, -0.2) is 0 Å². The quantitative estimate of drug-likeness (QED) is 0.668. The van der Waals surface area contributed by atoms with E-state index in [2.05, 4.69) is 10.3 Å². The van der Waals surface area contributed by atoms with E-state index in [0.717, 1.165) is 11.4 Å². The molecule has 0 spiro atoms.